The van der Waals surface area contributed by atoms with Gasteiger partial charge in [0, 0.05) is 13.1 Å². The van der Waals surface area contributed by atoms with Crippen molar-refractivity contribution in [3.63, 3.8) is 0 Å². The molecule has 0 bridgehead atoms. The largest absolute Gasteiger partial charge is 0.416 e. The number of halogens is 3. The highest BCUT2D eigenvalue weighted by atomic mass is 32.2. The third kappa shape index (κ3) is 3.48. The molecule has 0 radical (unpaired) electrons. The molecule has 144 valence electrons. The molecule has 0 N–H and O–H groups in total. The number of sulfone groups is 1. The Morgan fingerprint density at radius 2 is 1.88 bits per heavy atom. The smallest absolute Gasteiger partial charge is 0.341 e. The number of carbonyl (C=O) groups is 1. The van der Waals surface area contributed by atoms with Crippen LogP contribution >= 0.6 is 0 Å². The Hall–Kier alpha value is -1.57. The summed E-state index contributed by atoms with van der Waals surface area (Å²) >= 11 is 0. The second kappa shape index (κ2) is 6.55. The number of hydrogen-bond donors (Lipinski definition) is 0. The normalized spacial score (nSPS) is 24.5. The van der Waals surface area contributed by atoms with Crippen molar-refractivity contribution < 1.29 is 26.4 Å². The average molecular weight is 389 g/mol. The number of amides is 1. The van der Waals surface area contributed by atoms with Crippen LogP contribution < -0.4 is 0 Å². The zero-order valence-electron chi connectivity index (χ0n) is 14.6. The molecule has 26 heavy (non-hydrogen) atoms. The number of nitrogens with zero attached hydrogens (tertiary/aromatic N) is 1. The predicted molar refractivity (Wildman–Crippen MR) is 91.4 cm³/mol. The zero-order chi connectivity index (χ0) is 19.2. The third-order valence-electron chi connectivity index (χ3n) is 5.69. The van der Waals surface area contributed by atoms with Crippen molar-refractivity contribution in [2.75, 3.05) is 18.6 Å². The van der Waals surface area contributed by atoms with Crippen molar-refractivity contribution >= 4 is 15.7 Å². The van der Waals surface area contributed by atoms with Crippen LogP contribution in [-0.2, 0) is 26.2 Å². The lowest BCUT2D eigenvalue weighted by Crippen LogP contribution is -2.48. The average Bonchev–Trinajstić information content (AvgIpc) is 3.20. The van der Waals surface area contributed by atoms with E-state index in [2.05, 4.69) is 0 Å². The summed E-state index contributed by atoms with van der Waals surface area (Å²) in [7, 11) is -1.58. The molecule has 1 aliphatic heterocycles. The molecule has 2 fully saturated rings. The maximum Gasteiger partial charge on any atom is 0.416 e. The molecule has 1 amide bonds. The SMILES string of the molecule is CN(C(=O)C1(c2cccc(C(F)(F)F)c2)CCCC1)[C@@H]1CCS(=O)(=O)C1. The van der Waals surface area contributed by atoms with Crippen molar-refractivity contribution in [2.24, 2.45) is 0 Å². The Labute approximate surface area is 151 Å². The van der Waals surface area contributed by atoms with Crippen LogP contribution in [0.25, 0.3) is 0 Å². The first-order chi connectivity index (χ1) is 12.1. The summed E-state index contributed by atoms with van der Waals surface area (Å²) in [6, 6.07) is 4.59. The van der Waals surface area contributed by atoms with Crippen LogP contribution in [0.5, 0.6) is 0 Å². The van der Waals surface area contributed by atoms with Crippen molar-refractivity contribution in [2.45, 2.75) is 49.7 Å². The molecule has 1 aromatic carbocycles. The second-order valence-corrected chi connectivity index (χ2v) is 9.57. The van der Waals surface area contributed by atoms with E-state index in [0.29, 0.717) is 24.8 Å². The Bertz CT molecular complexity index is 798. The van der Waals surface area contributed by atoms with E-state index < -0.39 is 33.0 Å². The van der Waals surface area contributed by atoms with E-state index in [1.54, 1.807) is 13.1 Å². The van der Waals surface area contributed by atoms with Crippen LogP contribution in [-0.4, -0.2) is 43.8 Å². The van der Waals surface area contributed by atoms with E-state index in [9.17, 15) is 26.4 Å². The molecule has 1 heterocycles. The van der Waals surface area contributed by atoms with Gasteiger partial charge in [-0.3, -0.25) is 4.79 Å². The lowest BCUT2D eigenvalue weighted by atomic mass is 9.76. The van der Waals surface area contributed by atoms with E-state index in [0.717, 1.165) is 25.0 Å². The van der Waals surface area contributed by atoms with Crippen LogP contribution in [0.4, 0.5) is 13.2 Å². The van der Waals surface area contributed by atoms with Gasteiger partial charge in [0.05, 0.1) is 22.5 Å². The Balaban J connectivity index is 1.94. The van der Waals surface area contributed by atoms with E-state index in [1.165, 1.54) is 11.0 Å². The third-order valence-corrected chi connectivity index (χ3v) is 7.44. The highest BCUT2D eigenvalue weighted by Gasteiger charge is 2.47. The summed E-state index contributed by atoms with van der Waals surface area (Å²) in [6.45, 7) is 0. The number of carbonyl (C=O) groups excluding carboxylic acids is 1. The van der Waals surface area contributed by atoms with Gasteiger partial charge in [-0.05, 0) is 30.9 Å². The van der Waals surface area contributed by atoms with Crippen LogP contribution in [0.1, 0.15) is 43.2 Å². The first-order valence-corrected chi connectivity index (χ1v) is 10.5. The van der Waals surface area contributed by atoms with Crippen molar-refractivity contribution in [3.8, 4) is 0 Å². The van der Waals surface area contributed by atoms with Gasteiger partial charge in [0.15, 0.2) is 9.84 Å². The molecular weight excluding hydrogens is 367 g/mol. The highest BCUT2D eigenvalue weighted by Crippen LogP contribution is 2.44. The maximum absolute atomic E-state index is 13.3. The maximum atomic E-state index is 13.3. The summed E-state index contributed by atoms with van der Waals surface area (Å²) in [5.41, 5.74) is -1.38. The van der Waals surface area contributed by atoms with Gasteiger partial charge >= 0.3 is 6.18 Å². The molecule has 3 rings (SSSR count). The first-order valence-electron chi connectivity index (χ1n) is 8.71. The highest BCUT2D eigenvalue weighted by molar-refractivity contribution is 7.91. The predicted octanol–water partition coefficient (Wildman–Crippen LogP) is 3.16. The van der Waals surface area contributed by atoms with E-state index in [4.69, 9.17) is 0 Å². The van der Waals surface area contributed by atoms with E-state index >= 15 is 0 Å². The van der Waals surface area contributed by atoms with Crippen molar-refractivity contribution in [3.05, 3.63) is 35.4 Å². The van der Waals surface area contributed by atoms with Crippen LogP contribution in [0, 0.1) is 0 Å². The summed E-state index contributed by atoms with van der Waals surface area (Å²) in [5.74, 6) is -0.295. The summed E-state index contributed by atoms with van der Waals surface area (Å²) in [6.07, 6.45) is -1.60. The molecule has 1 saturated heterocycles. The fourth-order valence-electron chi connectivity index (χ4n) is 4.18. The topological polar surface area (TPSA) is 54.5 Å². The quantitative estimate of drug-likeness (QED) is 0.798. The number of rotatable bonds is 3. The number of alkyl halides is 3. The lowest BCUT2D eigenvalue weighted by Gasteiger charge is -2.35. The minimum Gasteiger partial charge on any atom is -0.341 e. The Morgan fingerprint density at radius 1 is 1.23 bits per heavy atom. The fourth-order valence-corrected chi connectivity index (χ4v) is 5.96. The van der Waals surface area contributed by atoms with Gasteiger partial charge in [-0.15, -0.1) is 0 Å². The van der Waals surface area contributed by atoms with Gasteiger partial charge in [-0.25, -0.2) is 8.42 Å². The molecule has 1 saturated carbocycles. The van der Waals surface area contributed by atoms with Gasteiger partial charge in [-0.2, -0.15) is 13.2 Å². The second-order valence-electron chi connectivity index (χ2n) is 7.34. The summed E-state index contributed by atoms with van der Waals surface area (Å²) < 4.78 is 62.8. The number of benzene rings is 1. The standard InChI is InChI=1S/C18H22F3NO3S/c1-22(15-7-10-26(24,25)12-15)16(23)17(8-2-3-9-17)13-5-4-6-14(11-13)18(19,20)21/h4-6,11,15H,2-3,7-10,12H2,1H3/t15-/m1/s1. The van der Waals surface area contributed by atoms with Crippen LogP contribution in [0.2, 0.25) is 0 Å². The molecule has 0 aromatic heterocycles. The summed E-state index contributed by atoms with van der Waals surface area (Å²) in [4.78, 5) is 14.7. The molecule has 2 aliphatic rings. The lowest BCUT2D eigenvalue weighted by molar-refractivity contribution is -0.139. The number of likely N-dealkylation sites (N-methyl/N-ethyl adjacent to an activating group) is 1. The molecular formula is C18H22F3NO3S. The monoisotopic (exact) mass is 389 g/mol. The molecule has 0 unspecified atom stereocenters. The first kappa shape index (κ1) is 19.2. The summed E-state index contributed by atoms with van der Waals surface area (Å²) in [5, 5.41) is 0. The van der Waals surface area contributed by atoms with Gasteiger partial charge in [0.1, 0.15) is 0 Å². The number of hydrogen-bond acceptors (Lipinski definition) is 3. The molecule has 1 aromatic rings. The Kier molecular flexibility index (Phi) is 4.83. The van der Waals surface area contributed by atoms with Gasteiger partial charge < -0.3 is 4.90 Å². The van der Waals surface area contributed by atoms with Crippen molar-refractivity contribution in [1.29, 1.82) is 0 Å². The minimum atomic E-state index is -4.47. The van der Waals surface area contributed by atoms with Gasteiger partial charge in [-0.1, -0.05) is 31.0 Å². The molecule has 8 heteroatoms. The van der Waals surface area contributed by atoms with E-state index in [1.807, 2.05) is 0 Å². The molecule has 1 atom stereocenters. The van der Waals surface area contributed by atoms with Crippen LogP contribution in [0.3, 0.4) is 0 Å². The minimum absolute atomic E-state index is 0.0475. The molecule has 0 spiro atoms. The Morgan fingerprint density at radius 3 is 2.42 bits per heavy atom. The van der Waals surface area contributed by atoms with Gasteiger partial charge in [0.2, 0.25) is 5.91 Å². The fraction of sp³-hybridized carbons (Fsp3) is 0.611. The molecule has 1 aliphatic carbocycles. The van der Waals surface area contributed by atoms with Crippen molar-refractivity contribution in [1.82, 2.24) is 4.90 Å². The molecule has 4 nitrogen and oxygen atoms in total. The zero-order valence-corrected chi connectivity index (χ0v) is 15.4. The van der Waals surface area contributed by atoms with Gasteiger partial charge in [0.25, 0.3) is 0 Å². The van der Waals surface area contributed by atoms with E-state index in [-0.39, 0.29) is 17.4 Å². The van der Waals surface area contributed by atoms with Crippen LogP contribution in [0.15, 0.2) is 24.3 Å².